The van der Waals surface area contributed by atoms with Crippen LogP contribution in [0.5, 0.6) is 0 Å². The topological polar surface area (TPSA) is 43.4 Å². The molecule has 0 amide bonds. The molecule has 0 aromatic rings. The Labute approximate surface area is 104 Å². The minimum atomic E-state index is -0.382. The number of carbonyl (C=O) groups excluding carboxylic acids is 2. The van der Waals surface area contributed by atoms with Gasteiger partial charge in [-0.3, -0.25) is 4.79 Å². The number of ketones is 1. The third kappa shape index (κ3) is 10.9. The average Bonchev–Trinajstić information content (AvgIpc) is 2.31. The number of ether oxygens (including phenoxy) is 1. The summed E-state index contributed by atoms with van der Waals surface area (Å²) in [5.41, 5.74) is 0. The Bertz CT molecular complexity index is 277. The smallest absolute Gasteiger partial charge is 0.330 e. The fourth-order valence-corrected chi connectivity index (χ4v) is 1.30. The summed E-state index contributed by atoms with van der Waals surface area (Å²) in [5.74, 6) is -0.276. The molecule has 3 nitrogen and oxygen atoms in total. The van der Waals surface area contributed by atoms with Gasteiger partial charge in [-0.05, 0) is 19.4 Å². The normalized spacial score (nSPS) is 11.2. The lowest BCUT2D eigenvalue weighted by Crippen LogP contribution is -1.98. The van der Waals surface area contributed by atoms with Crippen molar-refractivity contribution in [3.8, 4) is 0 Å². The Morgan fingerprint density at radius 2 is 1.71 bits per heavy atom. The van der Waals surface area contributed by atoms with Gasteiger partial charge in [-0.1, -0.05) is 38.3 Å². The molecule has 0 rings (SSSR count). The fraction of sp³-hybridized carbons (Fsp3) is 0.571. The molecule has 0 saturated carbocycles. The second-order valence-corrected chi connectivity index (χ2v) is 3.75. The first-order valence-electron chi connectivity index (χ1n) is 6.25. The molecule has 0 aliphatic heterocycles. The maximum absolute atomic E-state index is 11.3. The molecule has 0 aromatic heterocycles. The molecular weight excluding hydrogens is 216 g/mol. The Kier molecular flexibility index (Phi) is 10.2. The molecule has 96 valence electrons. The quantitative estimate of drug-likeness (QED) is 0.268. The van der Waals surface area contributed by atoms with Crippen molar-refractivity contribution in [3.63, 3.8) is 0 Å². The monoisotopic (exact) mass is 238 g/mol. The Morgan fingerprint density at radius 1 is 1.00 bits per heavy atom. The van der Waals surface area contributed by atoms with Crippen LogP contribution in [-0.2, 0) is 14.3 Å². The summed E-state index contributed by atoms with van der Waals surface area (Å²) in [7, 11) is 0. The largest absolute Gasteiger partial charge is 0.463 e. The standard InChI is InChI=1S/C14H22O3/c1-3-5-6-7-10-13(15)11-8-9-12-14(16)17-4-2/h8-9,11-12H,3-7,10H2,1-2H3/b11-8-,12-9-. The molecule has 0 heterocycles. The van der Waals surface area contributed by atoms with Crippen LogP contribution < -0.4 is 0 Å². The van der Waals surface area contributed by atoms with E-state index >= 15 is 0 Å². The van der Waals surface area contributed by atoms with Gasteiger partial charge >= 0.3 is 5.97 Å². The third-order valence-corrected chi connectivity index (χ3v) is 2.19. The van der Waals surface area contributed by atoms with E-state index < -0.39 is 0 Å². The van der Waals surface area contributed by atoms with Gasteiger partial charge in [0.1, 0.15) is 0 Å². The van der Waals surface area contributed by atoms with Gasteiger partial charge in [-0.25, -0.2) is 4.79 Å². The van der Waals surface area contributed by atoms with Crippen molar-refractivity contribution >= 4 is 11.8 Å². The number of allylic oxidation sites excluding steroid dienone is 3. The maximum atomic E-state index is 11.3. The predicted molar refractivity (Wildman–Crippen MR) is 68.7 cm³/mol. The molecule has 3 heteroatoms. The highest BCUT2D eigenvalue weighted by Gasteiger charge is 1.95. The number of unbranched alkanes of at least 4 members (excludes halogenated alkanes) is 3. The summed E-state index contributed by atoms with van der Waals surface area (Å²) < 4.78 is 4.70. The van der Waals surface area contributed by atoms with Crippen LogP contribution in [0, 0.1) is 0 Å². The molecule has 0 aliphatic rings. The van der Waals surface area contributed by atoms with E-state index in [9.17, 15) is 9.59 Å². The first kappa shape index (κ1) is 15.6. The highest BCUT2D eigenvalue weighted by Crippen LogP contribution is 2.03. The lowest BCUT2D eigenvalue weighted by atomic mass is 10.1. The van der Waals surface area contributed by atoms with Crippen LogP contribution in [0.15, 0.2) is 24.3 Å². The molecular formula is C14H22O3. The highest BCUT2D eigenvalue weighted by atomic mass is 16.5. The molecule has 0 N–H and O–H groups in total. The zero-order chi connectivity index (χ0) is 12.9. The maximum Gasteiger partial charge on any atom is 0.330 e. The van der Waals surface area contributed by atoms with E-state index in [4.69, 9.17) is 4.74 Å². The van der Waals surface area contributed by atoms with Crippen LogP contribution >= 0.6 is 0 Å². The number of carbonyl (C=O) groups is 2. The van der Waals surface area contributed by atoms with Crippen LogP contribution in [0.4, 0.5) is 0 Å². The van der Waals surface area contributed by atoms with Crippen molar-refractivity contribution in [1.82, 2.24) is 0 Å². The summed E-state index contributed by atoms with van der Waals surface area (Å²) in [4.78, 5) is 22.2. The van der Waals surface area contributed by atoms with Crippen molar-refractivity contribution in [2.75, 3.05) is 6.61 Å². The summed E-state index contributed by atoms with van der Waals surface area (Å²) in [6.45, 7) is 4.26. The summed E-state index contributed by atoms with van der Waals surface area (Å²) >= 11 is 0. The molecule has 0 aliphatic carbocycles. The molecule has 0 bridgehead atoms. The van der Waals surface area contributed by atoms with E-state index in [0.717, 1.165) is 12.8 Å². The van der Waals surface area contributed by atoms with Gasteiger partial charge < -0.3 is 4.74 Å². The molecule has 0 radical (unpaired) electrons. The fourth-order valence-electron chi connectivity index (χ4n) is 1.30. The number of esters is 1. The summed E-state index contributed by atoms with van der Waals surface area (Å²) in [6, 6.07) is 0. The van der Waals surface area contributed by atoms with E-state index in [0.29, 0.717) is 13.0 Å². The lowest BCUT2D eigenvalue weighted by molar-refractivity contribution is -0.137. The van der Waals surface area contributed by atoms with Gasteiger partial charge in [-0.15, -0.1) is 0 Å². The molecule has 0 atom stereocenters. The molecule has 0 spiro atoms. The Hall–Kier alpha value is -1.38. The zero-order valence-corrected chi connectivity index (χ0v) is 10.8. The second kappa shape index (κ2) is 11.1. The molecule has 17 heavy (non-hydrogen) atoms. The van der Waals surface area contributed by atoms with Gasteiger partial charge in [0.05, 0.1) is 6.61 Å². The van der Waals surface area contributed by atoms with Gasteiger partial charge in [0.15, 0.2) is 5.78 Å². The molecule has 0 saturated heterocycles. The van der Waals surface area contributed by atoms with Crippen molar-refractivity contribution in [1.29, 1.82) is 0 Å². The minimum absolute atomic E-state index is 0.106. The second-order valence-electron chi connectivity index (χ2n) is 3.75. The lowest BCUT2D eigenvalue weighted by Gasteiger charge is -1.95. The molecule has 0 aromatic carbocycles. The number of rotatable bonds is 9. The summed E-state index contributed by atoms with van der Waals surface area (Å²) in [6.07, 6.45) is 10.9. The van der Waals surface area contributed by atoms with Gasteiger partial charge in [0, 0.05) is 12.5 Å². The van der Waals surface area contributed by atoms with Crippen molar-refractivity contribution in [3.05, 3.63) is 24.3 Å². The van der Waals surface area contributed by atoms with Crippen molar-refractivity contribution in [2.24, 2.45) is 0 Å². The van der Waals surface area contributed by atoms with Crippen molar-refractivity contribution in [2.45, 2.75) is 46.0 Å². The van der Waals surface area contributed by atoms with E-state index in [-0.39, 0.29) is 11.8 Å². The van der Waals surface area contributed by atoms with Crippen molar-refractivity contribution < 1.29 is 14.3 Å². The van der Waals surface area contributed by atoms with Gasteiger partial charge in [0.2, 0.25) is 0 Å². The van der Waals surface area contributed by atoms with Gasteiger partial charge in [-0.2, -0.15) is 0 Å². The van der Waals surface area contributed by atoms with E-state index in [1.807, 2.05) is 0 Å². The SMILES string of the molecule is CCCCCCC(=O)/C=C\C=C/C(=O)OCC. The van der Waals surface area contributed by atoms with E-state index in [1.54, 1.807) is 13.0 Å². The molecule has 0 unspecified atom stereocenters. The highest BCUT2D eigenvalue weighted by molar-refractivity contribution is 5.90. The third-order valence-electron chi connectivity index (χ3n) is 2.19. The first-order chi connectivity index (χ1) is 8.20. The van der Waals surface area contributed by atoms with E-state index in [2.05, 4.69) is 6.92 Å². The van der Waals surface area contributed by atoms with Crippen LogP contribution in [0.1, 0.15) is 46.0 Å². The van der Waals surface area contributed by atoms with E-state index in [1.165, 1.54) is 31.1 Å². The van der Waals surface area contributed by atoms with Crippen LogP contribution in [0.2, 0.25) is 0 Å². The number of hydrogen-bond acceptors (Lipinski definition) is 3. The Balaban J connectivity index is 3.69. The van der Waals surface area contributed by atoms with Crippen LogP contribution in [0.25, 0.3) is 0 Å². The predicted octanol–water partition coefficient (Wildman–Crippen LogP) is 3.20. The Morgan fingerprint density at radius 3 is 2.35 bits per heavy atom. The first-order valence-corrected chi connectivity index (χ1v) is 6.25. The van der Waals surface area contributed by atoms with Crippen LogP contribution in [0.3, 0.4) is 0 Å². The van der Waals surface area contributed by atoms with Gasteiger partial charge in [0.25, 0.3) is 0 Å². The minimum Gasteiger partial charge on any atom is -0.463 e. The van der Waals surface area contributed by atoms with Crippen LogP contribution in [-0.4, -0.2) is 18.4 Å². The zero-order valence-electron chi connectivity index (χ0n) is 10.8. The molecule has 0 fully saturated rings. The average molecular weight is 238 g/mol. The number of hydrogen-bond donors (Lipinski definition) is 0. The summed E-state index contributed by atoms with van der Waals surface area (Å²) in [5, 5.41) is 0.